The molecule has 110 valence electrons. The molecule has 1 aliphatic heterocycles. The van der Waals surface area contributed by atoms with E-state index in [1.807, 2.05) is 31.2 Å². The van der Waals surface area contributed by atoms with Gasteiger partial charge < -0.3 is 15.4 Å². The van der Waals surface area contributed by atoms with Gasteiger partial charge in [0.15, 0.2) is 0 Å². The minimum Gasteiger partial charge on any atom is -0.494 e. The fourth-order valence-corrected chi connectivity index (χ4v) is 2.40. The van der Waals surface area contributed by atoms with E-state index in [2.05, 4.69) is 10.6 Å². The van der Waals surface area contributed by atoms with Crippen molar-refractivity contribution in [1.82, 2.24) is 10.6 Å². The lowest BCUT2D eigenvalue weighted by molar-refractivity contribution is -0.122. The second-order valence-electron chi connectivity index (χ2n) is 5.38. The Kier molecular flexibility index (Phi) is 5.87. The van der Waals surface area contributed by atoms with Gasteiger partial charge in [-0.2, -0.15) is 0 Å². The number of nitrogens with one attached hydrogen (secondary N) is 2. The summed E-state index contributed by atoms with van der Waals surface area (Å²) in [6.07, 6.45) is 3.50. The van der Waals surface area contributed by atoms with E-state index in [9.17, 15) is 4.79 Å². The van der Waals surface area contributed by atoms with E-state index >= 15 is 0 Å². The van der Waals surface area contributed by atoms with Crippen LogP contribution in [0.3, 0.4) is 0 Å². The van der Waals surface area contributed by atoms with Crippen LogP contribution in [0.15, 0.2) is 24.3 Å². The van der Waals surface area contributed by atoms with Crippen LogP contribution in [0.4, 0.5) is 0 Å². The summed E-state index contributed by atoms with van der Waals surface area (Å²) in [5, 5.41) is 6.36. The summed E-state index contributed by atoms with van der Waals surface area (Å²) in [5.74, 6) is 1.01. The van der Waals surface area contributed by atoms with E-state index in [0.29, 0.717) is 19.1 Å². The van der Waals surface area contributed by atoms with Gasteiger partial charge in [-0.05, 0) is 50.4 Å². The summed E-state index contributed by atoms with van der Waals surface area (Å²) in [4.78, 5) is 11.8. The van der Waals surface area contributed by atoms with Gasteiger partial charge in [0.05, 0.1) is 6.61 Å². The van der Waals surface area contributed by atoms with Crippen molar-refractivity contribution in [3.63, 3.8) is 0 Å². The number of aryl methyl sites for hydroxylation is 1. The van der Waals surface area contributed by atoms with Crippen molar-refractivity contribution in [3.05, 3.63) is 29.8 Å². The SMILES string of the molecule is Cc1cccc(OCCCC(=O)NC2CCCNC2)c1. The predicted molar refractivity (Wildman–Crippen MR) is 79.9 cm³/mol. The second-order valence-corrected chi connectivity index (χ2v) is 5.38. The van der Waals surface area contributed by atoms with Gasteiger partial charge in [0, 0.05) is 19.0 Å². The lowest BCUT2D eigenvalue weighted by Gasteiger charge is -2.23. The molecule has 2 N–H and O–H groups in total. The van der Waals surface area contributed by atoms with Crippen LogP contribution in [0.5, 0.6) is 5.75 Å². The average molecular weight is 276 g/mol. The highest BCUT2D eigenvalue weighted by atomic mass is 16.5. The largest absolute Gasteiger partial charge is 0.494 e. The molecule has 4 nitrogen and oxygen atoms in total. The minimum atomic E-state index is 0.131. The summed E-state index contributed by atoms with van der Waals surface area (Å²) in [5.41, 5.74) is 1.19. The highest BCUT2D eigenvalue weighted by Gasteiger charge is 2.14. The first-order valence-corrected chi connectivity index (χ1v) is 7.43. The van der Waals surface area contributed by atoms with Crippen LogP contribution < -0.4 is 15.4 Å². The molecule has 1 aromatic carbocycles. The molecule has 0 aromatic heterocycles. The molecule has 1 aliphatic rings. The Balaban J connectivity index is 1.59. The van der Waals surface area contributed by atoms with E-state index < -0.39 is 0 Å². The Hall–Kier alpha value is -1.55. The number of piperidine rings is 1. The Morgan fingerprint density at radius 2 is 2.40 bits per heavy atom. The lowest BCUT2D eigenvalue weighted by Crippen LogP contribution is -2.45. The van der Waals surface area contributed by atoms with Crippen LogP contribution in [0.25, 0.3) is 0 Å². The Bertz CT molecular complexity index is 428. The van der Waals surface area contributed by atoms with Crippen molar-refractivity contribution in [2.24, 2.45) is 0 Å². The fraction of sp³-hybridized carbons (Fsp3) is 0.562. The van der Waals surface area contributed by atoms with Gasteiger partial charge in [-0.25, -0.2) is 0 Å². The standard InChI is InChI=1S/C16H24N2O2/c1-13-5-2-7-15(11-13)20-10-4-8-16(19)18-14-6-3-9-17-12-14/h2,5,7,11,14,17H,3-4,6,8-10,12H2,1H3,(H,18,19). The molecular formula is C16H24N2O2. The quantitative estimate of drug-likeness (QED) is 0.782. The maximum Gasteiger partial charge on any atom is 0.220 e. The van der Waals surface area contributed by atoms with Crippen LogP contribution in [-0.4, -0.2) is 31.6 Å². The normalized spacial score (nSPS) is 18.6. The van der Waals surface area contributed by atoms with Crippen molar-refractivity contribution < 1.29 is 9.53 Å². The molecule has 0 saturated carbocycles. The molecule has 1 unspecified atom stereocenters. The zero-order valence-corrected chi connectivity index (χ0v) is 12.2. The summed E-state index contributed by atoms with van der Waals surface area (Å²) >= 11 is 0. The summed E-state index contributed by atoms with van der Waals surface area (Å²) in [7, 11) is 0. The Morgan fingerprint density at radius 1 is 1.50 bits per heavy atom. The first kappa shape index (κ1) is 14.9. The number of hydrogen-bond acceptors (Lipinski definition) is 3. The molecule has 1 fully saturated rings. The molecule has 4 heteroatoms. The first-order valence-electron chi connectivity index (χ1n) is 7.43. The van der Waals surface area contributed by atoms with Crippen LogP contribution in [0, 0.1) is 6.92 Å². The van der Waals surface area contributed by atoms with Crippen LogP contribution in [0.2, 0.25) is 0 Å². The Labute approximate surface area is 120 Å². The zero-order valence-electron chi connectivity index (χ0n) is 12.2. The van der Waals surface area contributed by atoms with Crippen LogP contribution in [-0.2, 0) is 4.79 Å². The van der Waals surface area contributed by atoms with E-state index in [1.165, 1.54) is 5.56 Å². The molecule has 1 aromatic rings. The van der Waals surface area contributed by atoms with Gasteiger partial charge in [-0.1, -0.05) is 12.1 Å². The number of amides is 1. The molecular weight excluding hydrogens is 252 g/mol. The third-order valence-corrected chi connectivity index (χ3v) is 3.47. The highest BCUT2D eigenvalue weighted by molar-refractivity contribution is 5.76. The molecule has 1 amide bonds. The third kappa shape index (κ3) is 5.21. The zero-order chi connectivity index (χ0) is 14.2. The molecule has 0 radical (unpaired) electrons. The van der Waals surface area contributed by atoms with E-state index in [4.69, 9.17) is 4.74 Å². The number of carbonyl (C=O) groups is 1. The number of ether oxygens (including phenoxy) is 1. The number of rotatable bonds is 6. The monoisotopic (exact) mass is 276 g/mol. The number of benzene rings is 1. The van der Waals surface area contributed by atoms with E-state index in [1.54, 1.807) is 0 Å². The maximum atomic E-state index is 11.8. The third-order valence-electron chi connectivity index (χ3n) is 3.47. The smallest absolute Gasteiger partial charge is 0.220 e. The number of carbonyl (C=O) groups excluding carboxylic acids is 1. The molecule has 0 bridgehead atoms. The van der Waals surface area contributed by atoms with Gasteiger partial charge >= 0.3 is 0 Å². The van der Waals surface area contributed by atoms with Gasteiger partial charge in [0.25, 0.3) is 0 Å². The molecule has 0 aliphatic carbocycles. The van der Waals surface area contributed by atoms with Gasteiger partial charge in [0.1, 0.15) is 5.75 Å². The van der Waals surface area contributed by atoms with Gasteiger partial charge in [0.2, 0.25) is 5.91 Å². The van der Waals surface area contributed by atoms with Crippen LogP contribution in [0.1, 0.15) is 31.2 Å². The Morgan fingerprint density at radius 3 is 3.15 bits per heavy atom. The predicted octanol–water partition coefficient (Wildman–Crippen LogP) is 2.02. The first-order chi connectivity index (χ1) is 9.74. The highest BCUT2D eigenvalue weighted by Crippen LogP contribution is 2.12. The second kappa shape index (κ2) is 7.90. The molecule has 1 saturated heterocycles. The molecule has 1 heterocycles. The summed E-state index contributed by atoms with van der Waals surface area (Å²) in [6.45, 7) is 4.58. The van der Waals surface area contributed by atoms with Gasteiger partial charge in [-0.3, -0.25) is 4.79 Å². The summed E-state index contributed by atoms with van der Waals surface area (Å²) < 4.78 is 5.63. The van der Waals surface area contributed by atoms with Crippen molar-refractivity contribution >= 4 is 5.91 Å². The maximum absolute atomic E-state index is 11.8. The minimum absolute atomic E-state index is 0.131. The van der Waals surface area contributed by atoms with Crippen LogP contribution >= 0.6 is 0 Å². The molecule has 0 spiro atoms. The topological polar surface area (TPSA) is 50.4 Å². The molecule has 20 heavy (non-hydrogen) atoms. The van der Waals surface area contributed by atoms with Crippen molar-refractivity contribution in [2.45, 2.75) is 38.6 Å². The fourth-order valence-electron chi connectivity index (χ4n) is 2.40. The van der Waals surface area contributed by atoms with Crippen molar-refractivity contribution in [3.8, 4) is 5.75 Å². The average Bonchev–Trinajstić information content (AvgIpc) is 2.45. The van der Waals surface area contributed by atoms with Crippen molar-refractivity contribution in [1.29, 1.82) is 0 Å². The molecule has 1 atom stereocenters. The van der Waals surface area contributed by atoms with Crippen molar-refractivity contribution in [2.75, 3.05) is 19.7 Å². The number of hydrogen-bond donors (Lipinski definition) is 2. The van der Waals surface area contributed by atoms with E-state index in [0.717, 1.165) is 38.1 Å². The molecule has 2 rings (SSSR count). The summed E-state index contributed by atoms with van der Waals surface area (Å²) in [6, 6.07) is 8.27. The van der Waals surface area contributed by atoms with E-state index in [-0.39, 0.29) is 5.91 Å². The van der Waals surface area contributed by atoms with Gasteiger partial charge in [-0.15, -0.1) is 0 Å². The lowest BCUT2D eigenvalue weighted by atomic mass is 10.1.